The van der Waals surface area contributed by atoms with E-state index in [1.165, 1.54) is 0 Å². The number of rotatable bonds is 6. The number of aromatic nitrogens is 3. The SMILES string of the molecule is Cc1nc(C)n(C[C@@H]2CN(CC[S@@](=O)c3ccccc3)CCO2)n1. The van der Waals surface area contributed by atoms with E-state index in [1.54, 1.807) is 0 Å². The van der Waals surface area contributed by atoms with Gasteiger partial charge in [0.1, 0.15) is 11.6 Å². The largest absolute Gasteiger partial charge is 0.374 e. The van der Waals surface area contributed by atoms with Crippen LogP contribution in [0.4, 0.5) is 0 Å². The van der Waals surface area contributed by atoms with Crippen molar-refractivity contribution in [3.8, 4) is 0 Å². The molecular formula is C17H24N4O2S. The summed E-state index contributed by atoms with van der Waals surface area (Å²) in [5.74, 6) is 2.36. The Morgan fingerprint density at radius 2 is 2.08 bits per heavy atom. The Labute approximate surface area is 145 Å². The zero-order valence-corrected chi connectivity index (χ0v) is 15.0. The second kappa shape index (κ2) is 8.00. The zero-order valence-electron chi connectivity index (χ0n) is 14.2. The van der Waals surface area contributed by atoms with Crippen LogP contribution in [0.5, 0.6) is 0 Å². The number of hydrogen-bond acceptors (Lipinski definition) is 5. The van der Waals surface area contributed by atoms with Gasteiger partial charge in [0, 0.05) is 30.3 Å². The van der Waals surface area contributed by atoms with Crippen LogP contribution in [0, 0.1) is 13.8 Å². The fraction of sp³-hybridized carbons (Fsp3) is 0.529. The van der Waals surface area contributed by atoms with Crippen molar-refractivity contribution in [2.24, 2.45) is 0 Å². The van der Waals surface area contributed by atoms with Gasteiger partial charge >= 0.3 is 0 Å². The van der Waals surface area contributed by atoms with Crippen molar-refractivity contribution >= 4 is 10.8 Å². The molecule has 1 fully saturated rings. The van der Waals surface area contributed by atoms with Crippen LogP contribution in [0.25, 0.3) is 0 Å². The Hall–Kier alpha value is -1.57. The molecule has 1 aliphatic rings. The van der Waals surface area contributed by atoms with Gasteiger partial charge in [0.25, 0.3) is 0 Å². The number of ether oxygens (including phenoxy) is 1. The molecule has 1 aromatic carbocycles. The van der Waals surface area contributed by atoms with Crippen molar-refractivity contribution in [1.29, 1.82) is 0 Å². The third kappa shape index (κ3) is 4.49. The van der Waals surface area contributed by atoms with Crippen LogP contribution in [0.15, 0.2) is 35.2 Å². The van der Waals surface area contributed by atoms with E-state index < -0.39 is 10.8 Å². The molecule has 7 heteroatoms. The maximum absolute atomic E-state index is 12.3. The van der Waals surface area contributed by atoms with E-state index in [4.69, 9.17) is 4.74 Å². The molecule has 2 aromatic rings. The predicted molar refractivity (Wildman–Crippen MR) is 93.4 cm³/mol. The van der Waals surface area contributed by atoms with Crippen molar-refractivity contribution in [3.05, 3.63) is 42.0 Å². The molecule has 0 spiro atoms. The maximum Gasteiger partial charge on any atom is 0.147 e. The summed E-state index contributed by atoms with van der Waals surface area (Å²) in [5, 5.41) is 4.40. The summed E-state index contributed by atoms with van der Waals surface area (Å²) in [7, 11) is -0.945. The van der Waals surface area contributed by atoms with Gasteiger partial charge in [0.2, 0.25) is 0 Å². The first-order valence-corrected chi connectivity index (χ1v) is 9.59. The van der Waals surface area contributed by atoms with Gasteiger partial charge in [-0.25, -0.2) is 9.67 Å². The lowest BCUT2D eigenvalue weighted by molar-refractivity contribution is -0.0358. The minimum atomic E-state index is -0.945. The highest BCUT2D eigenvalue weighted by Gasteiger charge is 2.22. The first-order chi connectivity index (χ1) is 11.6. The Morgan fingerprint density at radius 3 is 2.79 bits per heavy atom. The quantitative estimate of drug-likeness (QED) is 0.790. The fourth-order valence-electron chi connectivity index (χ4n) is 2.92. The monoisotopic (exact) mass is 348 g/mol. The molecule has 2 atom stereocenters. The number of hydrogen-bond donors (Lipinski definition) is 0. The smallest absolute Gasteiger partial charge is 0.147 e. The van der Waals surface area contributed by atoms with Crippen LogP contribution < -0.4 is 0 Å². The van der Waals surface area contributed by atoms with Crippen LogP contribution in [-0.2, 0) is 22.1 Å². The minimum absolute atomic E-state index is 0.101. The molecule has 0 radical (unpaired) electrons. The third-order valence-corrected chi connectivity index (χ3v) is 5.51. The summed E-state index contributed by atoms with van der Waals surface area (Å²) < 4.78 is 20.1. The molecule has 24 heavy (non-hydrogen) atoms. The van der Waals surface area contributed by atoms with Crippen LogP contribution in [0.1, 0.15) is 11.6 Å². The highest BCUT2D eigenvalue weighted by Crippen LogP contribution is 2.10. The van der Waals surface area contributed by atoms with Crippen LogP contribution in [0.3, 0.4) is 0 Å². The first kappa shape index (κ1) is 17.3. The summed E-state index contributed by atoms with van der Waals surface area (Å²) in [6.45, 7) is 7.82. The van der Waals surface area contributed by atoms with Gasteiger partial charge < -0.3 is 4.74 Å². The van der Waals surface area contributed by atoms with E-state index in [0.29, 0.717) is 18.9 Å². The lowest BCUT2D eigenvalue weighted by Gasteiger charge is -2.32. The molecule has 0 N–H and O–H groups in total. The normalized spacial score (nSPS) is 20.2. The number of morpholine rings is 1. The van der Waals surface area contributed by atoms with Crippen molar-refractivity contribution < 1.29 is 8.95 Å². The lowest BCUT2D eigenvalue weighted by Crippen LogP contribution is -2.45. The lowest BCUT2D eigenvalue weighted by atomic mass is 10.2. The van der Waals surface area contributed by atoms with Crippen LogP contribution in [-0.4, -0.2) is 62.0 Å². The predicted octanol–water partition coefficient (Wildman–Crippen LogP) is 1.40. The maximum atomic E-state index is 12.3. The first-order valence-electron chi connectivity index (χ1n) is 8.27. The Morgan fingerprint density at radius 1 is 1.29 bits per heavy atom. The summed E-state index contributed by atoms with van der Waals surface area (Å²) in [5.41, 5.74) is 0. The second-order valence-electron chi connectivity index (χ2n) is 6.04. The Kier molecular flexibility index (Phi) is 5.76. The topological polar surface area (TPSA) is 60.2 Å². The molecule has 0 amide bonds. The average molecular weight is 348 g/mol. The van der Waals surface area contributed by atoms with Gasteiger partial charge in [0.05, 0.1) is 30.1 Å². The van der Waals surface area contributed by atoms with Gasteiger partial charge in [-0.1, -0.05) is 18.2 Å². The number of aryl methyl sites for hydroxylation is 2. The summed E-state index contributed by atoms with van der Waals surface area (Å²) in [6, 6.07) is 9.66. The standard InChI is InChI=1S/C17H24N4O2S/c1-14-18-15(2)21(19-14)13-16-12-20(8-10-23-16)9-11-24(22)17-6-4-3-5-7-17/h3-7,16H,8-13H2,1-2H3/t16-,24+/m0/s1. The molecule has 130 valence electrons. The number of nitrogens with zero attached hydrogens (tertiary/aromatic N) is 4. The molecule has 0 saturated carbocycles. The molecule has 1 aromatic heterocycles. The molecule has 0 unspecified atom stereocenters. The number of benzene rings is 1. The molecule has 0 bridgehead atoms. The van der Waals surface area contributed by atoms with E-state index in [1.807, 2.05) is 48.9 Å². The van der Waals surface area contributed by atoms with E-state index in [2.05, 4.69) is 15.0 Å². The third-order valence-electron chi connectivity index (χ3n) is 4.16. The van der Waals surface area contributed by atoms with Gasteiger partial charge in [-0.05, 0) is 26.0 Å². The van der Waals surface area contributed by atoms with Crippen molar-refractivity contribution in [1.82, 2.24) is 19.7 Å². The van der Waals surface area contributed by atoms with Gasteiger partial charge in [0.15, 0.2) is 0 Å². The minimum Gasteiger partial charge on any atom is -0.374 e. The second-order valence-corrected chi connectivity index (χ2v) is 7.62. The summed E-state index contributed by atoms with van der Waals surface area (Å²) in [6.07, 6.45) is 0.101. The Bertz CT molecular complexity index is 689. The van der Waals surface area contributed by atoms with Gasteiger partial charge in [-0.2, -0.15) is 5.10 Å². The molecule has 3 rings (SSSR count). The van der Waals surface area contributed by atoms with Crippen LogP contribution >= 0.6 is 0 Å². The molecule has 6 nitrogen and oxygen atoms in total. The highest BCUT2D eigenvalue weighted by atomic mass is 32.2. The van der Waals surface area contributed by atoms with Crippen molar-refractivity contribution in [3.63, 3.8) is 0 Å². The average Bonchev–Trinajstić information content (AvgIpc) is 2.91. The molecule has 1 saturated heterocycles. The molecule has 2 heterocycles. The van der Waals surface area contributed by atoms with E-state index in [-0.39, 0.29) is 6.10 Å². The zero-order chi connectivity index (χ0) is 16.9. The fourth-order valence-corrected chi connectivity index (χ4v) is 4.04. The van der Waals surface area contributed by atoms with Gasteiger partial charge in [-0.15, -0.1) is 0 Å². The Balaban J connectivity index is 1.50. The molecule has 0 aliphatic carbocycles. The highest BCUT2D eigenvalue weighted by molar-refractivity contribution is 7.85. The van der Waals surface area contributed by atoms with Crippen molar-refractivity contribution in [2.75, 3.05) is 32.0 Å². The van der Waals surface area contributed by atoms with E-state index >= 15 is 0 Å². The summed E-state index contributed by atoms with van der Waals surface area (Å²) >= 11 is 0. The van der Waals surface area contributed by atoms with E-state index in [0.717, 1.165) is 36.2 Å². The van der Waals surface area contributed by atoms with E-state index in [9.17, 15) is 4.21 Å². The molecular weight excluding hydrogens is 324 g/mol. The van der Waals surface area contributed by atoms with Crippen molar-refractivity contribution in [2.45, 2.75) is 31.4 Å². The van der Waals surface area contributed by atoms with Crippen LogP contribution in [0.2, 0.25) is 0 Å². The summed E-state index contributed by atoms with van der Waals surface area (Å²) in [4.78, 5) is 7.56. The molecule has 1 aliphatic heterocycles. The van der Waals surface area contributed by atoms with Gasteiger partial charge in [-0.3, -0.25) is 9.11 Å².